The summed E-state index contributed by atoms with van der Waals surface area (Å²) in [6, 6.07) is 10.5. The number of thioether (sulfide) groups is 2. The number of aryl methyl sites for hydroxylation is 3. The normalized spacial score (nSPS) is 11.1. The van der Waals surface area contributed by atoms with Crippen LogP contribution in [0.5, 0.6) is 0 Å². The average Bonchev–Trinajstić information content (AvgIpc) is 3.00. The highest BCUT2D eigenvalue weighted by atomic mass is 32.2. The number of rotatable bonds is 7. The molecule has 5 nitrogen and oxygen atoms in total. The monoisotopic (exact) mass is 385 g/mol. The molecule has 2 heterocycles. The fourth-order valence-electron chi connectivity index (χ4n) is 2.65. The zero-order valence-electron chi connectivity index (χ0n) is 15.6. The highest BCUT2D eigenvalue weighted by molar-refractivity contribution is 7.98. The van der Waals surface area contributed by atoms with Crippen molar-refractivity contribution in [3.8, 4) is 0 Å². The third kappa shape index (κ3) is 4.65. The van der Waals surface area contributed by atoms with Gasteiger partial charge in [0.2, 0.25) is 0 Å². The minimum atomic E-state index is 0.717. The smallest absolute Gasteiger partial charge is 0.191 e. The summed E-state index contributed by atoms with van der Waals surface area (Å²) < 4.78 is 2.18. The van der Waals surface area contributed by atoms with Gasteiger partial charge in [0.25, 0.3) is 0 Å². The molecule has 1 aromatic carbocycles. The van der Waals surface area contributed by atoms with Crippen LogP contribution >= 0.6 is 23.5 Å². The minimum absolute atomic E-state index is 0.717. The topological polar surface area (TPSA) is 56.5 Å². The molecule has 0 atom stereocenters. The van der Waals surface area contributed by atoms with E-state index >= 15 is 0 Å². The van der Waals surface area contributed by atoms with E-state index < -0.39 is 0 Å². The van der Waals surface area contributed by atoms with Crippen LogP contribution in [0.2, 0.25) is 0 Å². The van der Waals surface area contributed by atoms with Gasteiger partial charge in [-0.05, 0) is 44.9 Å². The van der Waals surface area contributed by atoms with Crippen molar-refractivity contribution in [2.24, 2.45) is 0 Å². The number of hydrogen-bond donors (Lipinski definition) is 0. The molecule has 7 heteroatoms. The molecule has 0 N–H and O–H groups in total. The van der Waals surface area contributed by atoms with Gasteiger partial charge in [-0.3, -0.25) is 0 Å². The quantitative estimate of drug-likeness (QED) is 0.438. The highest BCUT2D eigenvalue weighted by Gasteiger charge is 2.13. The van der Waals surface area contributed by atoms with Crippen LogP contribution < -0.4 is 0 Å². The largest absolute Gasteiger partial charge is 0.306 e. The van der Waals surface area contributed by atoms with Crippen LogP contribution in [-0.4, -0.2) is 24.7 Å². The lowest BCUT2D eigenvalue weighted by atomic mass is 10.1. The summed E-state index contributed by atoms with van der Waals surface area (Å²) in [6.45, 7) is 9.11. The zero-order chi connectivity index (χ0) is 18.5. The molecule has 0 saturated heterocycles. The first-order valence-corrected chi connectivity index (χ1v) is 10.6. The van der Waals surface area contributed by atoms with Crippen molar-refractivity contribution in [1.82, 2.24) is 24.7 Å². The van der Waals surface area contributed by atoms with Crippen LogP contribution in [0.15, 0.2) is 40.6 Å². The van der Waals surface area contributed by atoms with E-state index in [2.05, 4.69) is 62.8 Å². The van der Waals surface area contributed by atoms with Gasteiger partial charge in [-0.25, -0.2) is 9.97 Å². The Labute approximate surface area is 163 Å². The predicted molar refractivity (Wildman–Crippen MR) is 108 cm³/mol. The summed E-state index contributed by atoms with van der Waals surface area (Å²) in [5.41, 5.74) is 4.63. The van der Waals surface area contributed by atoms with Gasteiger partial charge in [0.1, 0.15) is 5.82 Å². The van der Waals surface area contributed by atoms with E-state index in [9.17, 15) is 0 Å². The Balaban J connectivity index is 1.68. The van der Waals surface area contributed by atoms with Gasteiger partial charge < -0.3 is 4.57 Å². The van der Waals surface area contributed by atoms with Crippen molar-refractivity contribution in [1.29, 1.82) is 0 Å². The van der Waals surface area contributed by atoms with Crippen LogP contribution in [0, 0.1) is 20.8 Å². The van der Waals surface area contributed by atoms with Crippen molar-refractivity contribution in [2.45, 2.75) is 56.1 Å². The molecule has 3 aromatic rings. The number of hydrogen-bond acceptors (Lipinski definition) is 6. The van der Waals surface area contributed by atoms with E-state index in [-0.39, 0.29) is 0 Å². The lowest BCUT2D eigenvalue weighted by Crippen LogP contribution is -2.03. The van der Waals surface area contributed by atoms with E-state index in [4.69, 9.17) is 0 Å². The molecule has 2 aromatic heterocycles. The van der Waals surface area contributed by atoms with E-state index in [1.165, 1.54) is 11.1 Å². The molecule has 136 valence electrons. The summed E-state index contributed by atoms with van der Waals surface area (Å²) in [7, 11) is 0. The maximum absolute atomic E-state index is 4.49. The van der Waals surface area contributed by atoms with Gasteiger partial charge in [0.05, 0.1) is 5.75 Å². The van der Waals surface area contributed by atoms with Crippen LogP contribution in [-0.2, 0) is 18.1 Å². The van der Waals surface area contributed by atoms with Crippen LogP contribution in [0.25, 0.3) is 0 Å². The molecule has 26 heavy (non-hydrogen) atoms. The second kappa shape index (κ2) is 8.68. The number of benzene rings is 1. The Morgan fingerprint density at radius 2 is 1.65 bits per heavy atom. The van der Waals surface area contributed by atoms with E-state index in [1.807, 2.05) is 19.9 Å². The average molecular weight is 386 g/mol. The van der Waals surface area contributed by atoms with Gasteiger partial charge in [0, 0.05) is 23.7 Å². The summed E-state index contributed by atoms with van der Waals surface area (Å²) in [4.78, 5) is 8.97. The first-order chi connectivity index (χ1) is 12.6. The molecule has 0 saturated carbocycles. The van der Waals surface area contributed by atoms with E-state index in [1.54, 1.807) is 23.5 Å². The van der Waals surface area contributed by atoms with Crippen LogP contribution in [0.3, 0.4) is 0 Å². The molecule has 0 amide bonds. The van der Waals surface area contributed by atoms with Gasteiger partial charge in [-0.15, -0.1) is 10.2 Å². The molecule has 0 aliphatic rings. The minimum Gasteiger partial charge on any atom is -0.306 e. The molecule has 0 aliphatic carbocycles. The van der Waals surface area contributed by atoms with Crippen molar-refractivity contribution in [3.05, 3.63) is 58.7 Å². The fourth-order valence-corrected chi connectivity index (χ4v) is 4.64. The SMILES string of the molecule is CCn1c(CSc2nc(C)cc(C)n2)nnc1SCc1ccccc1C. The standard InChI is InChI=1S/C19H23N5S2/c1-5-24-17(12-25-18-20-14(3)10-15(4)21-18)22-23-19(24)26-11-16-9-7-6-8-13(16)2/h6-10H,5,11-12H2,1-4H3. The van der Waals surface area contributed by atoms with Crippen LogP contribution in [0.4, 0.5) is 0 Å². The van der Waals surface area contributed by atoms with Gasteiger partial charge in [-0.1, -0.05) is 47.8 Å². The van der Waals surface area contributed by atoms with Crippen molar-refractivity contribution in [2.75, 3.05) is 0 Å². The first-order valence-electron chi connectivity index (χ1n) is 8.61. The van der Waals surface area contributed by atoms with Crippen molar-refractivity contribution < 1.29 is 0 Å². The van der Waals surface area contributed by atoms with E-state index in [0.717, 1.165) is 39.8 Å². The first kappa shape index (κ1) is 18.9. The fraction of sp³-hybridized carbons (Fsp3) is 0.368. The maximum Gasteiger partial charge on any atom is 0.191 e. The number of aromatic nitrogens is 5. The molecule has 3 rings (SSSR count). The Kier molecular flexibility index (Phi) is 6.32. The van der Waals surface area contributed by atoms with Crippen molar-refractivity contribution in [3.63, 3.8) is 0 Å². The zero-order valence-corrected chi connectivity index (χ0v) is 17.2. The third-order valence-corrected chi connectivity index (χ3v) is 5.88. The van der Waals surface area contributed by atoms with Gasteiger partial charge in [-0.2, -0.15) is 0 Å². The summed E-state index contributed by atoms with van der Waals surface area (Å²) >= 11 is 3.34. The Morgan fingerprint density at radius 3 is 2.35 bits per heavy atom. The Morgan fingerprint density at radius 1 is 0.923 bits per heavy atom. The van der Waals surface area contributed by atoms with Crippen molar-refractivity contribution >= 4 is 23.5 Å². The molecule has 0 bridgehead atoms. The predicted octanol–water partition coefficient (Wildman–Crippen LogP) is 4.60. The molecule has 0 radical (unpaired) electrons. The second-order valence-electron chi connectivity index (χ2n) is 6.08. The molecule has 0 aliphatic heterocycles. The van der Waals surface area contributed by atoms with Gasteiger partial charge >= 0.3 is 0 Å². The third-order valence-electron chi connectivity index (χ3n) is 4.02. The lowest BCUT2D eigenvalue weighted by molar-refractivity contribution is 0.658. The molecular formula is C19H23N5S2. The van der Waals surface area contributed by atoms with Gasteiger partial charge in [0.15, 0.2) is 10.3 Å². The lowest BCUT2D eigenvalue weighted by Gasteiger charge is -2.08. The highest BCUT2D eigenvalue weighted by Crippen LogP contribution is 2.26. The summed E-state index contributed by atoms with van der Waals surface area (Å²) in [6.07, 6.45) is 0. The molecular weight excluding hydrogens is 362 g/mol. The molecule has 0 spiro atoms. The summed E-state index contributed by atoms with van der Waals surface area (Å²) in [5, 5.41) is 10.6. The Hall–Kier alpha value is -1.86. The molecule has 0 fully saturated rings. The van der Waals surface area contributed by atoms with Crippen LogP contribution in [0.1, 0.15) is 35.3 Å². The summed E-state index contributed by atoms with van der Waals surface area (Å²) in [5.74, 6) is 2.58. The van der Waals surface area contributed by atoms with E-state index in [0.29, 0.717) is 5.75 Å². The Bertz CT molecular complexity index is 871. The second-order valence-corrected chi connectivity index (χ2v) is 7.97. The number of nitrogens with zero attached hydrogens (tertiary/aromatic N) is 5. The molecule has 0 unspecified atom stereocenters. The maximum atomic E-state index is 4.49.